The topological polar surface area (TPSA) is 58.4 Å². The molecule has 1 aliphatic heterocycles. The molecule has 0 radical (unpaired) electrons. The average molecular weight is 333 g/mol. The zero-order valence-corrected chi connectivity index (χ0v) is 15.3. The maximum atomic E-state index is 13.0. The van der Waals surface area contributed by atoms with Crippen molar-refractivity contribution in [2.75, 3.05) is 13.1 Å². The number of likely N-dealkylation sites (tertiary alicyclic amines) is 1. The normalized spacial score (nSPS) is 27.4. The van der Waals surface area contributed by atoms with E-state index in [0.29, 0.717) is 25.6 Å². The highest BCUT2D eigenvalue weighted by molar-refractivity contribution is 5.95. The van der Waals surface area contributed by atoms with Gasteiger partial charge in [-0.1, -0.05) is 26.7 Å². The van der Waals surface area contributed by atoms with E-state index in [1.54, 1.807) is 6.20 Å². The van der Waals surface area contributed by atoms with Crippen molar-refractivity contribution in [2.24, 2.45) is 5.92 Å². The Morgan fingerprint density at radius 2 is 2.12 bits per heavy atom. The van der Waals surface area contributed by atoms with E-state index in [2.05, 4.69) is 18.9 Å². The lowest BCUT2D eigenvalue weighted by atomic mass is 9.71. The number of hydrogen-bond acceptors (Lipinski definition) is 3. The van der Waals surface area contributed by atoms with Crippen LogP contribution in [0.5, 0.6) is 0 Å². The predicted octanol–water partition coefficient (Wildman–Crippen LogP) is 3.32. The summed E-state index contributed by atoms with van der Waals surface area (Å²) in [6, 6.07) is 0.358. The van der Waals surface area contributed by atoms with Crippen molar-refractivity contribution in [2.45, 2.75) is 77.4 Å². The van der Waals surface area contributed by atoms with Crippen molar-refractivity contribution in [3.05, 3.63) is 17.5 Å². The van der Waals surface area contributed by atoms with Gasteiger partial charge in [-0.3, -0.25) is 9.48 Å². The first-order valence-electron chi connectivity index (χ1n) is 9.56. The molecular formula is C19H31N3O2. The highest BCUT2D eigenvalue weighted by Crippen LogP contribution is 2.40. The molecule has 0 aromatic carbocycles. The molecule has 134 valence electrons. The molecule has 0 bridgehead atoms. The Balaban J connectivity index is 1.76. The Bertz CT molecular complexity index is 593. The van der Waals surface area contributed by atoms with Crippen LogP contribution in [0.1, 0.15) is 80.9 Å². The van der Waals surface area contributed by atoms with Gasteiger partial charge in [0.2, 0.25) is 0 Å². The third-order valence-corrected chi connectivity index (χ3v) is 6.28. The lowest BCUT2D eigenvalue weighted by molar-refractivity contribution is -0.0886. The largest absolute Gasteiger partial charge is 0.389 e. The molecule has 2 unspecified atom stereocenters. The van der Waals surface area contributed by atoms with Gasteiger partial charge in [0.15, 0.2) is 0 Å². The lowest BCUT2D eigenvalue weighted by Crippen LogP contribution is -2.54. The van der Waals surface area contributed by atoms with Crippen LogP contribution in [0.4, 0.5) is 0 Å². The first-order chi connectivity index (χ1) is 11.5. The molecule has 0 spiro atoms. The smallest absolute Gasteiger partial charge is 0.257 e. The van der Waals surface area contributed by atoms with Gasteiger partial charge in [-0.25, -0.2) is 0 Å². The molecule has 2 aliphatic rings. The third kappa shape index (κ3) is 2.99. The Labute approximate surface area is 145 Å². The summed E-state index contributed by atoms with van der Waals surface area (Å²) in [6.45, 7) is 7.66. The van der Waals surface area contributed by atoms with Crippen LogP contribution in [0.3, 0.4) is 0 Å². The molecule has 1 saturated heterocycles. The average Bonchev–Trinajstić information content (AvgIpc) is 2.96. The minimum absolute atomic E-state index is 0.0809. The highest BCUT2D eigenvalue weighted by atomic mass is 16.3. The number of nitrogens with zero attached hydrogens (tertiary/aromatic N) is 3. The monoisotopic (exact) mass is 333 g/mol. The summed E-state index contributed by atoms with van der Waals surface area (Å²) in [7, 11) is 0. The summed E-state index contributed by atoms with van der Waals surface area (Å²) in [5, 5.41) is 15.3. The Morgan fingerprint density at radius 3 is 2.83 bits per heavy atom. The second-order valence-electron chi connectivity index (χ2n) is 7.61. The van der Waals surface area contributed by atoms with Crippen molar-refractivity contribution >= 4 is 5.91 Å². The van der Waals surface area contributed by atoms with Crippen LogP contribution in [-0.4, -0.2) is 44.4 Å². The summed E-state index contributed by atoms with van der Waals surface area (Å²) in [4.78, 5) is 14.9. The van der Waals surface area contributed by atoms with Gasteiger partial charge in [0.25, 0.3) is 5.91 Å². The van der Waals surface area contributed by atoms with Gasteiger partial charge in [0.05, 0.1) is 23.4 Å². The molecule has 24 heavy (non-hydrogen) atoms. The zero-order chi connectivity index (χ0) is 17.3. The van der Waals surface area contributed by atoms with Crippen molar-refractivity contribution < 1.29 is 9.90 Å². The molecule has 2 heterocycles. The fourth-order valence-electron chi connectivity index (χ4n) is 4.56. The lowest BCUT2D eigenvalue weighted by Gasteiger charge is -2.47. The molecule has 1 saturated carbocycles. The first-order valence-corrected chi connectivity index (χ1v) is 9.56. The predicted molar refractivity (Wildman–Crippen MR) is 94.0 cm³/mol. The minimum atomic E-state index is -0.538. The van der Waals surface area contributed by atoms with Crippen LogP contribution in [0.15, 0.2) is 6.20 Å². The van der Waals surface area contributed by atoms with Gasteiger partial charge in [-0.05, 0) is 39.0 Å². The number of hydrogen-bond donors (Lipinski definition) is 1. The molecule has 1 aromatic rings. The molecule has 3 rings (SSSR count). The summed E-state index contributed by atoms with van der Waals surface area (Å²) in [5.74, 6) is 0.315. The molecule has 5 heteroatoms. The minimum Gasteiger partial charge on any atom is -0.389 e. The van der Waals surface area contributed by atoms with E-state index < -0.39 is 5.60 Å². The zero-order valence-electron chi connectivity index (χ0n) is 15.3. The highest BCUT2D eigenvalue weighted by Gasteiger charge is 2.44. The van der Waals surface area contributed by atoms with E-state index in [-0.39, 0.29) is 11.8 Å². The standard InChI is InChI=1S/C19H31N3O2/c1-4-16(5-2)22-14(3)17(12-20-22)18(23)21-11-10-19(24)9-7-6-8-15(19)13-21/h12,15-16,24H,4-11,13H2,1-3H3. The van der Waals surface area contributed by atoms with Gasteiger partial charge < -0.3 is 10.0 Å². The van der Waals surface area contributed by atoms with Gasteiger partial charge in [-0.2, -0.15) is 5.10 Å². The van der Waals surface area contributed by atoms with Crippen LogP contribution < -0.4 is 0 Å². The Kier molecular flexibility index (Phi) is 5.00. The molecule has 5 nitrogen and oxygen atoms in total. The maximum absolute atomic E-state index is 13.0. The fraction of sp³-hybridized carbons (Fsp3) is 0.789. The van der Waals surface area contributed by atoms with Gasteiger partial charge in [0, 0.05) is 24.7 Å². The van der Waals surface area contributed by atoms with Crippen molar-refractivity contribution in [1.29, 1.82) is 0 Å². The number of aromatic nitrogens is 2. The second kappa shape index (κ2) is 6.87. The van der Waals surface area contributed by atoms with Crippen molar-refractivity contribution in [1.82, 2.24) is 14.7 Å². The quantitative estimate of drug-likeness (QED) is 0.919. The number of aliphatic hydroxyl groups is 1. The van der Waals surface area contributed by atoms with Crippen LogP contribution >= 0.6 is 0 Å². The summed E-state index contributed by atoms with van der Waals surface area (Å²) in [6.07, 6.45) is 8.69. The molecule has 1 aromatic heterocycles. The van der Waals surface area contributed by atoms with E-state index in [1.807, 2.05) is 16.5 Å². The molecule has 2 fully saturated rings. The van der Waals surface area contributed by atoms with E-state index in [0.717, 1.165) is 43.4 Å². The van der Waals surface area contributed by atoms with Crippen molar-refractivity contribution in [3.63, 3.8) is 0 Å². The van der Waals surface area contributed by atoms with E-state index in [4.69, 9.17) is 0 Å². The first kappa shape index (κ1) is 17.5. The summed E-state index contributed by atoms with van der Waals surface area (Å²) >= 11 is 0. The number of carbonyl (C=O) groups excluding carboxylic acids is 1. The molecule has 1 N–H and O–H groups in total. The van der Waals surface area contributed by atoms with Crippen LogP contribution in [0.25, 0.3) is 0 Å². The third-order valence-electron chi connectivity index (χ3n) is 6.28. The second-order valence-corrected chi connectivity index (χ2v) is 7.61. The summed E-state index contributed by atoms with van der Waals surface area (Å²) in [5.41, 5.74) is 1.16. The summed E-state index contributed by atoms with van der Waals surface area (Å²) < 4.78 is 2.01. The molecule has 1 aliphatic carbocycles. The number of amides is 1. The fourth-order valence-corrected chi connectivity index (χ4v) is 4.56. The van der Waals surface area contributed by atoms with E-state index in [9.17, 15) is 9.90 Å². The maximum Gasteiger partial charge on any atom is 0.257 e. The SMILES string of the molecule is CCC(CC)n1ncc(C(=O)N2CCC3(O)CCCCC3C2)c1C. The van der Waals surface area contributed by atoms with E-state index >= 15 is 0 Å². The van der Waals surface area contributed by atoms with Crippen LogP contribution in [0, 0.1) is 12.8 Å². The number of carbonyl (C=O) groups is 1. The molecule has 1 amide bonds. The number of fused-ring (bicyclic) bond motifs is 1. The van der Waals surface area contributed by atoms with Crippen LogP contribution in [0.2, 0.25) is 0 Å². The van der Waals surface area contributed by atoms with Gasteiger partial charge >= 0.3 is 0 Å². The number of piperidine rings is 1. The van der Waals surface area contributed by atoms with E-state index in [1.165, 1.54) is 6.42 Å². The van der Waals surface area contributed by atoms with Gasteiger partial charge in [0.1, 0.15) is 0 Å². The Morgan fingerprint density at radius 1 is 1.38 bits per heavy atom. The number of rotatable bonds is 4. The van der Waals surface area contributed by atoms with Gasteiger partial charge in [-0.15, -0.1) is 0 Å². The Hall–Kier alpha value is -1.36. The van der Waals surface area contributed by atoms with Crippen LogP contribution in [-0.2, 0) is 0 Å². The molecular weight excluding hydrogens is 302 g/mol. The van der Waals surface area contributed by atoms with Crippen molar-refractivity contribution in [3.8, 4) is 0 Å². The molecule has 2 atom stereocenters.